The van der Waals surface area contributed by atoms with Crippen molar-refractivity contribution in [1.29, 1.82) is 0 Å². The second-order valence-corrected chi connectivity index (χ2v) is 7.32. The van der Waals surface area contributed by atoms with Crippen molar-refractivity contribution in [3.8, 4) is 0 Å². The molecule has 0 spiro atoms. The fourth-order valence-electron chi connectivity index (χ4n) is 2.97. The van der Waals surface area contributed by atoms with E-state index in [1.807, 2.05) is 0 Å². The topological polar surface area (TPSA) is 9.23 Å². The van der Waals surface area contributed by atoms with Gasteiger partial charge in [0.1, 0.15) is 0 Å². The monoisotopic (exact) mass is 532 g/mol. The minimum Gasteiger partial charge on any atom is -0.381 e. The van der Waals surface area contributed by atoms with Gasteiger partial charge in [0.25, 0.3) is 0 Å². The van der Waals surface area contributed by atoms with Gasteiger partial charge in [-0.25, -0.2) is 0 Å². The Morgan fingerprint density at radius 3 is 1.21 bits per heavy atom. The first-order valence-electron chi connectivity index (χ1n) is 8.57. The van der Waals surface area contributed by atoms with E-state index in [9.17, 15) is 74.6 Å². The zero-order chi connectivity index (χ0) is 26.7. The lowest BCUT2D eigenvalue weighted by molar-refractivity contribution is -0.462. The van der Waals surface area contributed by atoms with Crippen LogP contribution in [0, 0.1) is 11.8 Å². The molecule has 2 unspecified atom stereocenters. The van der Waals surface area contributed by atoms with Crippen molar-refractivity contribution in [2.24, 2.45) is 11.8 Å². The zero-order valence-electron chi connectivity index (χ0n) is 15.8. The smallest absolute Gasteiger partial charge is 0.381 e. The van der Waals surface area contributed by atoms with Crippen molar-refractivity contribution >= 4 is 0 Å². The molecule has 1 rings (SSSR count). The van der Waals surface area contributed by atoms with Gasteiger partial charge in [0.2, 0.25) is 0 Å². The van der Waals surface area contributed by atoms with Crippen molar-refractivity contribution in [3.05, 3.63) is 0 Å². The maximum atomic E-state index is 13.9. The highest BCUT2D eigenvalue weighted by Crippen LogP contribution is 2.64. The van der Waals surface area contributed by atoms with Crippen LogP contribution in [0.1, 0.15) is 19.8 Å². The Hall–Kier alpha value is -1.23. The van der Waals surface area contributed by atoms with Crippen LogP contribution in [-0.4, -0.2) is 60.8 Å². The van der Waals surface area contributed by atoms with Crippen LogP contribution < -0.4 is 0 Å². The van der Waals surface area contributed by atoms with Crippen molar-refractivity contribution in [2.75, 3.05) is 13.2 Å². The lowest BCUT2D eigenvalue weighted by Gasteiger charge is -2.43. The molecule has 0 aromatic carbocycles. The van der Waals surface area contributed by atoms with Crippen LogP contribution in [0.4, 0.5) is 74.6 Å². The van der Waals surface area contributed by atoms with E-state index < -0.39 is 72.5 Å². The molecule has 0 aliphatic carbocycles. The lowest BCUT2D eigenvalue weighted by Crippen LogP contribution is -2.74. The quantitative estimate of drug-likeness (QED) is 0.289. The molecule has 18 heteroatoms. The second kappa shape index (κ2) is 8.17. The summed E-state index contributed by atoms with van der Waals surface area (Å²) in [6.45, 7) is 0.124. The highest BCUT2D eigenvalue weighted by molar-refractivity contribution is 5.15. The molecular weight excluding hydrogens is 519 g/mol. The molecule has 0 amide bonds. The second-order valence-electron chi connectivity index (χ2n) is 7.32. The Morgan fingerprint density at radius 2 is 0.848 bits per heavy atom. The Bertz CT molecular complexity index is 695. The van der Waals surface area contributed by atoms with Gasteiger partial charge >= 0.3 is 47.6 Å². The Morgan fingerprint density at radius 1 is 0.515 bits per heavy atom. The molecule has 1 saturated heterocycles. The standard InChI is InChI=1S/C15H13F17O/c1-2-6-4-33-5-7(6)3-8(16,17)9(18,19)10(20,21)11(22,23)12(24,25)13(26,27)14(28,29)15(30,31)32/h6-7H,2-5H2,1H3. The molecule has 0 saturated carbocycles. The van der Waals surface area contributed by atoms with Gasteiger partial charge in [-0.05, 0) is 11.8 Å². The molecule has 1 fully saturated rings. The first kappa shape index (κ1) is 29.8. The molecule has 0 aromatic rings. The average molecular weight is 532 g/mol. The van der Waals surface area contributed by atoms with Crippen LogP contribution >= 0.6 is 0 Å². The van der Waals surface area contributed by atoms with Gasteiger partial charge in [0.05, 0.1) is 0 Å². The Kier molecular flexibility index (Phi) is 7.38. The van der Waals surface area contributed by atoms with Gasteiger partial charge in [-0.3, -0.25) is 0 Å². The summed E-state index contributed by atoms with van der Waals surface area (Å²) in [4.78, 5) is 0. The predicted octanol–water partition coefficient (Wildman–Crippen LogP) is 7.06. The van der Waals surface area contributed by atoms with E-state index in [2.05, 4.69) is 4.74 Å². The fourth-order valence-corrected chi connectivity index (χ4v) is 2.97. The van der Waals surface area contributed by atoms with Gasteiger partial charge in [0.15, 0.2) is 0 Å². The van der Waals surface area contributed by atoms with E-state index in [-0.39, 0.29) is 13.0 Å². The molecule has 1 aliphatic heterocycles. The molecule has 33 heavy (non-hydrogen) atoms. The third-order valence-electron chi connectivity index (χ3n) is 5.16. The van der Waals surface area contributed by atoms with Crippen LogP contribution in [-0.2, 0) is 4.74 Å². The maximum absolute atomic E-state index is 13.9. The van der Waals surface area contributed by atoms with Gasteiger partial charge in [0, 0.05) is 19.6 Å². The summed E-state index contributed by atoms with van der Waals surface area (Å²) in [7, 11) is 0. The first-order chi connectivity index (χ1) is 14.3. The Labute approximate surface area is 173 Å². The van der Waals surface area contributed by atoms with E-state index >= 15 is 0 Å². The summed E-state index contributed by atoms with van der Waals surface area (Å²) in [6.07, 6.45) is -10.3. The molecule has 1 heterocycles. The molecule has 2 atom stereocenters. The molecule has 0 radical (unpaired) electrons. The van der Waals surface area contributed by atoms with E-state index in [0.29, 0.717) is 0 Å². The zero-order valence-corrected chi connectivity index (χ0v) is 15.8. The van der Waals surface area contributed by atoms with Crippen LogP contribution in [0.5, 0.6) is 0 Å². The Balaban J connectivity index is 3.50. The summed E-state index contributed by atoms with van der Waals surface area (Å²) in [5.74, 6) is -58.7. The normalized spacial score (nSPS) is 22.7. The van der Waals surface area contributed by atoms with Crippen LogP contribution in [0.2, 0.25) is 0 Å². The SMILES string of the molecule is CCC1COCC1CC(F)(F)C(F)(F)C(F)(F)C(F)(F)C(F)(F)C(F)(F)C(F)(F)C(F)(F)F. The van der Waals surface area contributed by atoms with E-state index in [4.69, 9.17) is 0 Å². The predicted molar refractivity (Wildman–Crippen MR) is 73.4 cm³/mol. The van der Waals surface area contributed by atoms with E-state index in [1.165, 1.54) is 6.92 Å². The molecule has 198 valence electrons. The summed E-state index contributed by atoms with van der Waals surface area (Å²) in [5, 5.41) is 0. The molecular formula is C15H13F17O. The third-order valence-corrected chi connectivity index (χ3v) is 5.16. The van der Waals surface area contributed by atoms with Gasteiger partial charge in [-0.1, -0.05) is 13.3 Å². The molecule has 0 bridgehead atoms. The summed E-state index contributed by atoms with van der Waals surface area (Å²) >= 11 is 0. The highest BCUT2D eigenvalue weighted by Gasteiger charge is 2.95. The third kappa shape index (κ3) is 4.10. The van der Waals surface area contributed by atoms with Crippen molar-refractivity contribution < 1.29 is 79.4 Å². The van der Waals surface area contributed by atoms with E-state index in [1.54, 1.807) is 0 Å². The van der Waals surface area contributed by atoms with E-state index in [0.717, 1.165) is 0 Å². The molecule has 0 N–H and O–H groups in total. The first-order valence-corrected chi connectivity index (χ1v) is 8.57. The van der Waals surface area contributed by atoms with Gasteiger partial charge < -0.3 is 4.74 Å². The minimum absolute atomic E-state index is 0.0876. The van der Waals surface area contributed by atoms with Crippen LogP contribution in [0.3, 0.4) is 0 Å². The molecule has 1 nitrogen and oxygen atoms in total. The number of ether oxygens (including phenoxy) is 1. The number of alkyl halides is 17. The van der Waals surface area contributed by atoms with Crippen LogP contribution in [0.25, 0.3) is 0 Å². The minimum atomic E-state index is -8.59. The number of hydrogen-bond donors (Lipinski definition) is 0. The number of hydrogen-bond acceptors (Lipinski definition) is 1. The number of halogens is 17. The summed E-state index contributed by atoms with van der Waals surface area (Å²) < 4.78 is 229. The fraction of sp³-hybridized carbons (Fsp3) is 1.00. The number of rotatable bonds is 9. The molecule has 0 aromatic heterocycles. The highest BCUT2D eigenvalue weighted by atomic mass is 19.4. The van der Waals surface area contributed by atoms with Crippen LogP contribution in [0.15, 0.2) is 0 Å². The van der Waals surface area contributed by atoms with Crippen molar-refractivity contribution in [2.45, 2.75) is 67.4 Å². The van der Waals surface area contributed by atoms with Crippen molar-refractivity contribution in [3.63, 3.8) is 0 Å². The molecule has 1 aliphatic rings. The largest absolute Gasteiger partial charge is 0.460 e. The van der Waals surface area contributed by atoms with Gasteiger partial charge in [-0.15, -0.1) is 0 Å². The van der Waals surface area contributed by atoms with Gasteiger partial charge in [-0.2, -0.15) is 74.6 Å². The van der Waals surface area contributed by atoms with Crippen molar-refractivity contribution in [1.82, 2.24) is 0 Å². The average Bonchev–Trinajstić information content (AvgIpc) is 3.06. The summed E-state index contributed by atoms with van der Waals surface area (Å²) in [5.41, 5.74) is 0. The maximum Gasteiger partial charge on any atom is 0.460 e. The summed E-state index contributed by atoms with van der Waals surface area (Å²) in [6, 6.07) is 0. The lowest BCUT2D eigenvalue weighted by atomic mass is 9.83.